The first-order valence-electron chi connectivity index (χ1n) is 7.93. The standard InChI is InChI=1S/C14H28N2O3S/c1-2-14-12(6-9-19-14)11-16-20(17,18)10-7-13-5-3-4-8-15-13/h12-16H,2-11H2,1H3. The molecular weight excluding hydrogens is 276 g/mol. The third-order valence-electron chi connectivity index (χ3n) is 4.46. The van der Waals surface area contributed by atoms with Gasteiger partial charge >= 0.3 is 0 Å². The molecule has 2 heterocycles. The highest BCUT2D eigenvalue weighted by Crippen LogP contribution is 2.22. The Morgan fingerprint density at radius 2 is 2.15 bits per heavy atom. The topological polar surface area (TPSA) is 67.4 Å². The van der Waals surface area contributed by atoms with E-state index in [9.17, 15) is 8.42 Å². The van der Waals surface area contributed by atoms with E-state index < -0.39 is 10.0 Å². The zero-order valence-corrected chi connectivity index (χ0v) is 13.3. The number of ether oxygens (including phenoxy) is 1. The van der Waals surface area contributed by atoms with Crippen molar-refractivity contribution < 1.29 is 13.2 Å². The number of hydrogen-bond acceptors (Lipinski definition) is 4. The van der Waals surface area contributed by atoms with Crippen molar-refractivity contribution in [1.82, 2.24) is 10.0 Å². The van der Waals surface area contributed by atoms with Crippen LogP contribution in [-0.2, 0) is 14.8 Å². The molecule has 3 unspecified atom stereocenters. The first kappa shape index (κ1) is 16.2. The molecule has 0 aliphatic carbocycles. The lowest BCUT2D eigenvalue weighted by molar-refractivity contribution is 0.0884. The van der Waals surface area contributed by atoms with Crippen molar-refractivity contribution in [2.24, 2.45) is 5.92 Å². The van der Waals surface area contributed by atoms with E-state index in [1.54, 1.807) is 0 Å². The zero-order chi connectivity index (χ0) is 14.4. The van der Waals surface area contributed by atoms with Crippen molar-refractivity contribution in [2.45, 2.75) is 57.6 Å². The zero-order valence-electron chi connectivity index (χ0n) is 12.4. The van der Waals surface area contributed by atoms with E-state index >= 15 is 0 Å². The van der Waals surface area contributed by atoms with Crippen LogP contribution in [0.2, 0.25) is 0 Å². The normalized spacial score (nSPS) is 31.6. The van der Waals surface area contributed by atoms with Gasteiger partial charge in [0.05, 0.1) is 11.9 Å². The molecule has 0 aromatic heterocycles. The molecule has 2 fully saturated rings. The van der Waals surface area contributed by atoms with Crippen LogP contribution in [0.25, 0.3) is 0 Å². The second-order valence-electron chi connectivity index (χ2n) is 5.97. The number of nitrogens with one attached hydrogen (secondary N) is 2. The molecule has 0 aromatic carbocycles. The number of piperidine rings is 1. The molecule has 0 spiro atoms. The number of hydrogen-bond donors (Lipinski definition) is 2. The van der Waals surface area contributed by atoms with Gasteiger partial charge < -0.3 is 10.1 Å². The van der Waals surface area contributed by atoms with Gasteiger partial charge in [0.25, 0.3) is 0 Å². The molecule has 0 saturated carbocycles. The Balaban J connectivity index is 1.70. The summed E-state index contributed by atoms with van der Waals surface area (Å²) < 4.78 is 32.4. The SMILES string of the molecule is CCC1OCCC1CNS(=O)(=O)CCC1CCCCN1. The highest BCUT2D eigenvalue weighted by Gasteiger charge is 2.28. The second kappa shape index (κ2) is 7.73. The van der Waals surface area contributed by atoms with E-state index in [0.29, 0.717) is 24.9 Å². The van der Waals surface area contributed by atoms with Crippen molar-refractivity contribution in [3.63, 3.8) is 0 Å². The Labute approximate surface area is 122 Å². The molecule has 2 aliphatic heterocycles. The van der Waals surface area contributed by atoms with E-state index in [2.05, 4.69) is 17.0 Å². The van der Waals surface area contributed by atoms with E-state index in [-0.39, 0.29) is 11.9 Å². The maximum atomic E-state index is 12.0. The van der Waals surface area contributed by atoms with E-state index in [1.807, 2.05) is 0 Å². The molecule has 0 radical (unpaired) electrons. The van der Waals surface area contributed by atoms with Gasteiger partial charge in [0.1, 0.15) is 0 Å². The minimum Gasteiger partial charge on any atom is -0.378 e. The second-order valence-corrected chi connectivity index (χ2v) is 7.90. The third-order valence-corrected chi connectivity index (χ3v) is 5.84. The van der Waals surface area contributed by atoms with Crippen molar-refractivity contribution in [2.75, 3.05) is 25.4 Å². The maximum absolute atomic E-state index is 12.0. The smallest absolute Gasteiger partial charge is 0.211 e. The van der Waals surface area contributed by atoms with Crippen LogP contribution in [0, 0.1) is 5.92 Å². The lowest BCUT2D eigenvalue weighted by Crippen LogP contribution is -2.38. The summed E-state index contributed by atoms with van der Waals surface area (Å²) in [6.07, 6.45) is 6.38. The van der Waals surface area contributed by atoms with Gasteiger partial charge in [0, 0.05) is 25.1 Å². The van der Waals surface area contributed by atoms with Crippen LogP contribution in [-0.4, -0.2) is 46.0 Å². The molecule has 2 aliphatic rings. The molecule has 2 saturated heterocycles. The van der Waals surface area contributed by atoms with Crippen molar-refractivity contribution in [3.05, 3.63) is 0 Å². The summed E-state index contributed by atoms with van der Waals surface area (Å²) >= 11 is 0. The molecule has 0 bridgehead atoms. The highest BCUT2D eigenvalue weighted by molar-refractivity contribution is 7.89. The lowest BCUT2D eigenvalue weighted by Gasteiger charge is -2.23. The Hall–Kier alpha value is -0.170. The van der Waals surface area contributed by atoms with Gasteiger partial charge in [-0.05, 0) is 38.6 Å². The molecule has 3 atom stereocenters. The average molecular weight is 304 g/mol. The van der Waals surface area contributed by atoms with Crippen LogP contribution in [0.5, 0.6) is 0 Å². The molecule has 0 aromatic rings. The minimum absolute atomic E-state index is 0.220. The van der Waals surface area contributed by atoms with Crippen molar-refractivity contribution in [3.8, 4) is 0 Å². The Bertz CT molecular complexity index is 380. The van der Waals surface area contributed by atoms with E-state index in [1.165, 1.54) is 12.8 Å². The summed E-state index contributed by atoms with van der Waals surface area (Å²) in [5.74, 6) is 0.567. The van der Waals surface area contributed by atoms with Crippen LogP contribution in [0.15, 0.2) is 0 Å². The first-order valence-corrected chi connectivity index (χ1v) is 9.58. The maximum Gasteiger partial charge on any atom is 0.211 e. The van der Waals surface area contributed by atoms with Crippen LogP contribution < -0.4 is 10.0 Å². The summed E-state index contributed by atoms with van der Waals surface area (Å²) in [5.41, 5.74) is 0. The van der Waals surface area contributed by atoms with E-state index in [0.717, 1.165) is 32.4 Å². The van der Waals surface area contributed by atoms with Gasteiger partial charge in [-0.15, -0.1) is 0 Å². The van der Waals surface area contributed by atoms with Crippen LogP contribution >= 0.6 is 0 Å². The van der Waals surface area contributed by atoms with Gasteiger partial charge in [-0.25, -0.2) is 13.1 Å². The van der Waals surface area contributed by atoms with Crippen molar-refractivity contribution in [1.29, 1.82) is 0 Å². The summed E-state index contributed by atoms with van der Waals surface area (Å²) in [5, 5.41) is 3.39. The summed E-state index contributed by atoms with van der Waals surface area (Å²) in [6.45, 7) is 4.40. The third kappa shape index (κ3) is 4.98. The molecule has 2 rings (SSSR count). The van der Waals surface area contributed by atoms with Gasteiger partial charge in [0.15, 0.2) is 0 Å². The van der Waals surface area contributed by atoms with Gasteiger partial charge in [-0.1, -0.05) is 13.3 Å². The average Bonchev–Trinajstić information content (AvgIpc) is 2.92. The summed E-state index contributed by atoms with van der Waals surface area (Å²) in [7, 11) is -3.15. The number of sulfonamides is 1. The Morgan fingerprint density at radius 1 is 1.30 bits per heavy atom. The van der Waals surface area contributed by atoms with Crippen LogP contribution in [0.1, 0.15) is 45.4 Å². The highest BCUT2D eigenvalue weighted by atomic mass is 32.2. The van der Waals surface area contributed by atoms with Crippen LogP contribution in [0.4, 0.5) is 0 Å². The van der Waals surface area contributed by atoms with Crippen molar-refractivity contribution >= 4 is 10.0 Å². The number of rotatable bonds is 7. The fourth-order valence-corrected chi connectivity index (χ4v) is 4.36. The molecular formula is C14H28N2O3S. The predicted molar refractivity (Wildman–Crippen MR) is 80.2 cm³/mol. The monoisotopic (exact) mass is 304 g/mol. The first-order chi connectivity index (χ1) is 9.61. The van der Waals surface area contributed by atoms with Crippen LogP contribution in [0.3, 0.4) is 0 Å². The van der Waals surface area contributed by atoms with Gasteiger partial charge in [-0.3, -0.25) is 0 Å². The molecule has 2 N–H and O–H groups in total. The quantitative estimate of drug-likeness (QED) is 0.743. The molecule has 6 heteroatoms. The largest absolute Gasteiger partial charge is 0.378 e. The minimum atomic E-state index is -3.15. The molecule has 118 valence electrons. The molecule has 0 amide bonds. The fourth-order valence-electron chi connectivity index (χ4n) is 3.15. The predicted octanol–water partition coefficient (Wildman–Crippen LogP) is 1.25. The lowest BCUT2D eigenvalue weighted by atomic mass is 10.0. The van der Waals surface area contributed by atoms with E-state index in [4.69, 9.17) is 4.74 Å². The molecule has 5 nitrogen and oxygen atoms in total. The Morgan fingerprint density at radius 3 is 2.85 bits per heavy atom. The molecule has 20 heavy (non-hydrogen) atoms. The summed E-state index contributed by atoms with van der Waals surface area (Å²) in [4.78, 5) is 0. The van der Waals surface area contributed by atoms with Gasteiger partial charge in [-0.2, -0.15) is 0 Å². The summed E-state index contributed by atoms with van der Waals surface area (Å²) in [6, 6.07) is 0.374. The fraction of sp³-hybridized carbons (Fsp3) is 1.00. The van der Waals surface area contributed by atoms with Gasteiger partial charge in [0.2, 0.25) is 10.0 Å². The Kier molecular flexibility index (Phi) is 6.26.